The number of amides is 2. The largest absolute Gasteiger partial charge is 0.493 e. The van der Waals surface area contributed by atoms with Crippen LogP contribution < -0.4 is 9.47 Å². The lowest BCUT2D eigenvalue weighted by molar-refractivity contribution is -0.123. The molecule has 1 heterocycles. The summed E-state index contributed by atoms with van der Waals surface area (Å²) in [6, 6.07) is 20.9. The van der Waals surface area contributed by atoms with Gasteiger partial charge in [0.15, 0.2) is 11.5 Å². The van der Waals surface area contributed by atoms with E-state index in [1.54, 1.807) is 42.5 Å². The SMILES string of the molecule is COc1cc(/C=C2/SC(=O)N(Cc3ccccc3)C2=O)ccc1OCc1ccccc1F. The first-order valence-electron chi connectivity index (χ1n) is 9.88. The van der Waals surface area contributed by atoms with Crippen LogP contribution in [0.4, 0.5) is 9.18 Å². The molecule has 1 aliphatic heterocycles. The van der Waals surface area contributed by atoms with E-state index in [0.717, 1.165) is 17.3 Å². The number of ether oxygens (including phenoxy) is 2. The van der Waals surface area contributed by atoms with Crippen LogP contribution in [0.5, 0.6) is 11.5 Å². The number of hydrogen-bond acceptors (Lipinski definition) is 5. The van der Waals surface area contributed by atoms with Crippen molar-refractivity contribution in [3.05, 3.63) is 100 Å². The molecule has 0 aliphatic carbocycles. The summed E-state index contributed by atoms with van der Waals surface area (Å²) >= 11 is 0.907. The molecule has 0 spiro atoms. The Hall–Kier alpha value is -3.58. The average Bonchev–Trinajstić information content (AvgIpc) is 3.07. The standard InChI is InChI=1S/C25H20FNO4S/c1-30-22-13-18(11-12-21(22)31-16-19-9-5-6-10-20(19)26)14-23-24(28)27(25(29)32-23)15-17-7-3-2-4-8-17/h2-14H,15-16H2,1H3/b23-14+. The van der Waals surface area contributed by atoms with E-state index in [4.69, 9.17) is 9.47 Å². The molecule has 4 rings (SSSR count). The summed E-state index contributed by atoms with van der Waals surface area (Å²) in [5.41, 5.74) is 2.00. The van der Waals surface area contributed by atoms with Crippen molar-refractivity contribution in [1.29, 1.82) is 0 Å². The summed E-state index contributed by atoms with van der Waals surface area (Å²) in [6.07, 6.45) is 1.65. The van der Waals surface area contributed by atoms with Crippen molar-refractivity contribution in [3.63, 3.8) is 0 Å². The van der Waals surface area contributed by atoms with E-state index >= 15 is 0 Å². The predicted octanol–water partition coefficient (Wildman–Crippen LogP) is 5.65. The normalized spacial score (nSPS) is 14.8. The van der Waals surface area contributed by atoms with E-state index in [1.807, 2.05) is 30.3 Å². The molecule has 3 aromatic rings. The number of rotatable bonds is 7. The van der Waals surface area contributed by atoms with Crippen molar-refractivity contribution in [2.75, 3.05) is 7.11 Å². The van der Waals surface area contributed by atoms with E-state index < -0.39 is 0 Å². The number of carbonyl (C=O) groups is 2. The lowest BCUT2D eigenvalue weighted by Crippen LogP contribution is -2.27. The zero-order valence-electron chi connectivity index (χ0n) is 17.3. The Labute approximate surface area is 189 Å². The summed E-state index contributed by atoms with van der Waals surface area (Å²) < 4.78 is 24.9. The maximum absolute atomic E-state index is 13.8. The Balaban J connectivity index is 1.49. The summed E-state index contributed by atoms with van der Waals surface area (Å²) in [6.45, 7) is 0.287. The van der Waals surface area contributed by atoms with Gasteiger partial charge in [0.1, 0.15) is 12.4 Å². The number of halogens is 1. The number of methoxy groups -OCH3 is 1. The summed E-state index contributed by atoms with van der Waals surface area (Å²) in [5.74, 6) is 0.223. The van der Waals surface area contributed by atoms with Crippen LogP contribution in [0.1, 0.15) is 16.7 Å². The van der Waals surface area contributed by atoms with Gasteiger partial charge in [0.2, 0.25) is 0 Å². The van der Waals surface area contributed by atoms with Crippen molar-refractivity contribution in [3.8, 4) is 11.5 Å². The average molecular weight is 450 g/mol. The van der Waals surface area contributed by atoms with Crippen LogP contribution in [-0.2, 0) is 17.9 Å². The van der Waals surface area contributed by atoms with Crippen LogP contribution in [0.25, 0.3) is 6.08 Å². The summed E-state index contributed by atoms with van der Waals surface area (Å²) in [4.78, 5) is 26.7. The highest BCUT2D eigenvalue weighted by atomic mass is 32.2. The molecular formula is C25H20FNO4S. The molecular weight excluding hydrogens is 429 g/mol. The van der Waals surface area contributed by atoms with E-state index in [9.17, 15) is 14.0 Å². The minimum atomic E-state index is -0.339. The predicted molar refractivity (Wildman–Crippen MR) is 122 cm³/mol. The van der Waals surface area contributed by atoms with Gasteiger partial charge in [0.05, 0.1) is 18.6 Å². The van der Waals surface area contributed by atoms with Gasteiger partial charge >= 0.3 is 0 Å². The van der Waals surface area contributed by atoms with Crippen molar-refractivity contribution >= 4 is 29.0 Å². The second-order valence-electron chi connectivity index (χ2n) is 7.04. The first kappa shape index (κ1) is 21.6. The topological polar surface area (TPSA) is 55.8 Å². The number of imide groups is 1. The molecule has 0 saturated carbocycles. The zero-order valence-corrected chi connectivity index (χ0v) is 18.1. The fourth-order valence-electron chi connectivity index (χ4n) is 3.22. The van der Waals surface area contributed by atoms with Crippen LogP contribution in [0.3, 0.4) is 0 Å². The maximum Gasteiger partial charge on any atom is 0.293 e. The third-order valence-corrected chi connectivity index (χ3v) is 5.79. The molecule has 162 valence electrons. The molecule has 3 aromatic carbocycles. The number of carbonyl (C=O) groups excluding carboxylic acids is 2. The molecule has 0 radical (unpaired) electrons. The molecule has 2 amide bonds. The molecule has 0 bridgehead atoms. The Bertz CT molecular complexity index is 1180. The van der Waals surface area contributed by atoms with Crippen LogP contribution in [-0.4, -0.2) is 23.2 Å². The van der Waals surface area contributed by atoms with Gasteiger partial charge in [-0.15, -0.1) is 0 Å². The van der Waals surface area contributed by atoms with Gasteiger partial charge in [0.25, 0.3) is 11.1 Å². The molecule has 0 atom stereocenters. The van der Waals surface area contributed by atoms with E-state index in [0.29, 0.717) is 27.5 Å². The Kier molecular flexibility index (Phi) is 6.56. The Morgan fingerprint density at radius 1 is 0.969 bits per heavy atom. The molecule has 32 heavy (non-hydrogen) atoms. The molecule has 5 nitrogen and oxygen atoms in total. The van der Waals surface area contributed by atoms with Crippen molar-refractivity contribution < 1.29 is 23.5 Å². The Morgan fingerprint density at radius 2 is 1.72 bits per heavy atom. The smallest absolute Gasteiger partial charge is 0.293 e. The van der Waals surface area contributed by atoms with Gasteiger partial charge in [-0.1, -0.05) is 54.6 Å². The third-order valence-electron chi connectivity index (χ3n) is 4.88. The zero-order chi connectivity index (χ0) is 22.5. The molecule has 1 saturated heterocycles. The van der Waals surface area contributed by atoms with Crippen LogP contribution >= 0.6 is 11.8 Å². The van der Waals surface area contributed by atoms with Gasteiger partial charge in [-0.05, 0) is 47.2 Å². The number of benzene rings is 3. The van der Waals surface area contributed by atoms with E-state index in [1.165, 1.54) is 18.1 Å². The minimum absolute atomic E-state index is 0.0563. The lowest BCUT2D eigenvalue weighted by Gasteiger charge is -2.12. The minimum Gasteiger partial charge on any atom is -0.493 e. The molecule has 0 unspecified atom stereocenters. The van der Waals surface area contributed by atoms with Gasteiger partial charge < -0.3 is 9.47 Å². The highest BCUT2D eigenvalue weighted by Gasteiger charge is 2.35. The van der Waals surface area contributed by atoms with Crippen molar-refractivity contribution in [2.24, 2.45) is 0 Å². The fraction of sp³-hybridized carbons (Fsp3) is 0.120. The quantitative estimate of drug-likeness (QED) is 0.436. The fourth-order valence-corrected chi connectivity index (χ4v) is 4.06. The lowest BCUT2D eigenvalue weighted by atomic mass is 10.1. The van der Waals surface area contributed by atoms with Crippen molar-refractivity contribution in [2.45, 2.75) is 13.2 Å². The molecule has 7 heteroatoms. The second-order valence-corrected chi connectivity index (χ2v) is 8.04. The highest BCUT2D eigenvalue weighted by Crippen LogP contribution is 2.35. The number of nitrogens with zero attached hydrogens (tertiary/aromatic N) is 1. The molecule has 1 fully saturated rings. The Morgan fingerprint density at radius 3 is 2.47 bits per heavy atom. The van der Waals surface area contributed by atoms with Crippen LogP contribution in [0, 0.1) is 5.82 Å². The van der Waals surface area contributed by atoms with E-state index in [-0.39, 0.29) is 30.1 Å². The monoisotopic (exact) mass is 449 g/mol. The molecule has 0 N–H and O–H groups in total. The number of hydrogen-bond donors (Lipinski definition) is 0. The van der Waals surface area contributed by atoms with Crippen LogP contribution in [0.2, 0.25) is 0 Å². The third kappa shape index (κ3) is 4.84. The van der Waals surface area contributed by atoms with Gasteiger partial charge in [-0.2, -0.15) is 0 Å². The molecule has 0 aromatic heterocycles. The highest BCUT2D eigenvalue weighted by molar-refractivity contribution is 8.18. The first-order valence-corrected chi connectivity index (χ1v) is 10.7. The van der Waals surface area contributed by atoms with Crippen molar-refractivity contribution in [1.82, 2.24) is 4.90 Å². The van der Waals surface area contributed by atoms with E-state index in [2.05, 4.69) is 0 Å². The first-order chi connectivity index (χ1) is 15.5. The van der Waals surface area contributed by atoms with Crippen LogP contribution in [0.15, 0.2) is 77.7 Å². The van der Waals surface area contributed by atoms with Gasteiger partial charge in [-0.3, -0.25) is 14.5 Å². The van der Waals surface area contributed by atoms with Gasteiger partial charge in [0, 0.05) is 5.56 Å². The maximum atomic E-state index is 13.8. The number of thioether (sulfide) groups is 1. The molecule has 1 aliphatic rings. The summed E-state index contributed by atoms with van der Waals surface area (Å²) in [7, 11) is 1.50. The second kappa shape index (κ2) is 9.70. The summed E-state index contributed by atoms with van der Waals surface area (Å²) in [5, 5.41) is -0.304. The van der Waals surface area contributed by atoms with Gasteiger partial charge in [-0.25, -0.2) is 4.39 Å².